The molecule has 0 bridgehead atoms. The van der Waals surface area contributed by atoms with Crippen LogP contribution in [0.3, 0.4) is 0 Å². The monoisotopic (exact) mass is 1190 g/mol. The van der Waals surface area contributed by atoms with E-state index in [9.17, 15) is 4.79 Å². The van der Waals surface area contributed by atoms with E-state index >= 15 is 0 Å². The minimum atomic E-state index is -0.660. The van der Waals surface area contributed by atoms with E-state index in [-0.39, 0.29) is 5.91 Å². The van der Waals surface area contributed by atoms with E-state index < -0.39 is 9.49 Å². The molecule has 2 N–H and O–H groups in total. The minimum absolute atomic E-state index is 0.148. The average molecular weight is 1190 g/mol. The number of amides is 1. The Morgan fingerprint density at radius 2 is 0.724 bits per heavy atom. The zero-order chi connectivity index (χ0) is 61.2. The number of para-hydroxylation sites is 1. The number of anilines is 7. The van der Waals surface area contributed by atoms with Gasteiger partial charge in [-0.25, -0.2) is 9.98 Å². The summed E-state index contributed by atoms with van der Waals surface area (Å²) in [5.74, 6) is -0.148. The Hall–Kier alpha value is -8.91. The summed E-state index contributed by atoms with van der Waals surface area (Å²) in [7, 11) is 16.5. The summed E-state index contributed by atoms with van der Waals surface area (Å²) in [5, 5.41) is 8.14. The summed E-state index contributed by atoms with van der Waals surface area (Å²) in [4.78, 5) is 36.1. The van der Waals surface area contributed by atoms with Crippen molar-refractivity contribution in [1.29, 1.82) is 0 Å². The molecule has 0 radical (unpaired) electrons. The van der Waals surface area contributed by atoms with Crippen molar-refractivity contribution >= 4 is 91.0 Å². The number of thioether (sulfide) groups is 2. The molecule has 0 atom stereocenters. The van der Waals surface area contributed by atoms with Crippen LogP contribution in [0, 0.1) is 0 Å². The van der Waals surface area contributed by atoms with Crippen molar-refractivity contribution in [2.45, 2.75) is 43.4 Å². The highest BCUT2D eigenvalue weighted by atomic mass is 32.2. The fraction of sp³-hybridized carbons (Fsp3) is 0.230. The van der Waals surface area contributed by atoms with Crippen LogP contribution >= 0.6 is 23.5 Å². The van der Waals surface area contributed by atoms with Crippen LogP contribution in [0.4, 0.5) is 51.2 Å². The topological polar surface area (TPSA) is 85.3 Å². The first-order valence-electron chi connectivity index (χ1n) is 29.7. The molecule has 9 aromatic rings. The lowest BCUT2D eigenvalue weighted by Crippen LogP contribution is -2.36. The molecule has 2 aliphatic rings. The van der Waals surface area contributed by atoms with Crippen molar-refractivity contribution in [1.82, 2.24) is 5.32 Å². The highest BCUT2D eigenvalue weighted by Crippen LogP contribution is 2.57. The number of hydrogen-bond acceptors (Lipinski definition) is 12. The second-order valence-corrected chi connectivity index (χ2v) is 25.1. The Morgan fingerprint density at radius 1 is 0.402 bits per heavy atom. The largest absolute Gasteiger partial charge is 0.378 e. The predicted octanol–water partition coefficient (Wildman–Crippen LogP) is 16.0. The Morgan fingerprint density at radius 3 is 1.07 bits per heavy atom. The Kier molecular flexibility index (Phi) is 19.1. The molecular formula is C74H80N10OS2. The molecule has 0 saturated carbocycles. The van der Waals surface area contributed by atoms with Gasteiger partial charge in [-0.1, -0.05) is 163 Å². The minimum Gasteiger partial charge on any atom is -0.378 e. The maximum absolute atomic E-state index is 12.5. The number of amidine groups is 2. The van der Waals surface area contributed by atoms with Gasteiger partial charge < -0.3 is 40.0 Å². The quantitative estimate of drug-likeness (QED) is 0.0920. The van der Waals surface area contributed by atoms with Crippen LogP contribution in [0.25, 0.3) is 0 Å². The van der Waals surface area contributed by atoms with E-state index in [0.29, 0.717) is 5.17 Å². The SMILES string of the molecule is CC(=O)NC1=Nc2cc(N(Cc3ccccc3)Cc3ccccc3)ccc2C(c2ccc(N(C)C)cc2)(c2ccc(N(C)C)cc2)S1.CCN(CC)c1ccc2c(c1)N=C(Nc1ccccc1)SC2(c1ccc(N(C)C)cc1)c1ccc(N(C)C)cc1. The number of aliphatic imine (C=N–C) groups is 2. The van der Waals surface area contributed by atoms with E-state index in [1.165, 1.54) is 51.8 Å². The van der Waals surface area contributed by atoms with Gasteiger partial charge in [-0.2, -0.15) is 0 Å². The van der Waals surface area contributed by atoms with Gasteiger partial charge in [-0.05, 0) is 132 Å². The smallest absolute Gasteiger partial charge is 0.222 e. The van der Waals surface area contributed by atoms with E-state index in [2.05, 4.69) is 329 Å². The summed E-state index contributed by atoms with van der Waals surface area (Å²) < 4.78 is -1.15. The number of fused-ring (bicyclic) bond motifs is 2. The third-order valence-electron chi connectivity index (χ3n) is 16.1. The lowest BCUT2D eigenvalue weighted by molar-refractivity contribution is -0.117. The lowest BCUT2D eigenvalue weighted by Gasteiger charge is -2.39. The van der Waals surface area contributed by atoms with Crippen molar-refractivity contribution in [3.63, 3.8) is 0 Å². The van der Waals surface area contributed by atoms with E-state index in [1.54, 1.807) is 23.5 Å². The fourth-order valence-electron chi connectivity index (χ4n) is 11.4. The molecule has 0 unspecified atom stereocenters. The number of hydrogen-bond donors (Lipinski definition) is 2. The van der Waals surface area contributed by atoms with Crippen LogP contribution < -0.4 is 40.0 Å². The van der Waals surface area contributed by atoms with Crippen LogP contribution in [-0.4, -0.2) is 85.7 Å². The molecule has 0 aliphatic carbocycles. The zero-order valence-electron chi connectivity index (χ0n) is 52.0. The molecule has 2 heterocycles. The van der Waals surface area contributed by atoms with Gasteiger partial charge in [0, 0.05) is 140 Å². The van der Waals surface area contributed by atoms with E-state index in [4.69, 9.17) is 9.98 Å². The number of nitrogens with zero attached hydrogens (tertiary/aromatic N) is 8. The first-order valence-corrected chi connectivity index (χ1v) is 31.3. The summed E-state index contributed by atoms with van der Waals surface area (Å²) >= 11 is 3.36. The van der Waals surface area contributed by atoms with Crippen molar-refractivity contribution in [3.05, 3.63) is 269 Å². The van der Waals surface area contributed by atoms with E-state index in [0.717, 1.165) is 82.2 Å². The summed E-state index contributed by atoms with van der Waals surface area (Å²) in [6.45, 7) is 9.33. The average Bonchev–Trinajstić information content (AvgIpc) is 0.800. The summed E-state index contributed by atoms with van der Waals surface area (Å²) in [6.07, 6.45) is 0. The van der Waals surface area contributed by atoms with E-state index in [1.807, 2.05) is 6.07 Å². The molecule has 1 amide bonds. The molecule has 11 rings (SSSR count). The first-order chi connectivity index (χ1) is 42.1. The van der Waals surface area contributed by atoms with Gasteiger partial charge in [-0.15, -0.1) is 0 Å². The summed E-state index contributed by atoms with van der Waals surface area (Å²) in [5.41, 5.74) is 19.1. The number of nitrogens with one attached hydrogen (secondary N) is 2. The van der Waals surface area contributed by atoms with Crippen LogP contribution in [0.2, 0.25) is 0 Å². The third-order valence-corrected chi connectivity index (χ3v) is 18.8. The maximum atomic E-state index is 12.5. The van der Waals surface area contributed by atoms with Gasteiger partial charge in [0.1, 0.15) is 9.49 Å². The van der Waals surface area contributed by atoms with Gasteiger partial charge in [0.2, 0.25) is 5.91 Å². The molecule has 0 spiro atoms. The standard InChI is InChI=1S/C40H41N5OS.C34H39N5S/c1-29(46)41-39-42-38-26-36(45(27-30-12-8-6-9-13-30)28-31-14-10-7-11-15-31)24-25-37(38)40(47-39,32-16-20-34(21-17-32)43(2)3)33-18-22-35(23-19-33)44(4)5;1-7-39(8-2)30-22-23-31-32(24-30)36-33(35-27-12-10-9-11-13-27)40-34(31,25-14-18-28(19-15-25)37(3)4)26-16-20-29(21-17-26)38(5)6/h6-26H,27-28H2,1-5H3,(H,41,42,46);9-24H,7-8H2,1-6H3,(H,35,36). The van der Waals surface area contributed by atoms with Crippen molar-refractivity contribution < 1.29 is 4.79 Å². The molecule has 444 valence electrons. The molecule has 0 aromatic heterocycles. The second kappa shape index (κ2) is 27.2. The van der Waals surface area contributed by atoms with Crippen molar-refractivity contribution in [2.24, 2.45) is 9.98 Å². The summed E-state index contributed by atoms with van der Waals surface area (Å²) in [6, 6.07) is 80.3. The molecule has 9 aromatic carbocycles. The number of benzene rings is 9. The highest BCUT2D eigenvalue weighted by Gasteiger charge is 2.45. The maximum Gasteiger partial charge on any atom is 0.222 e. The zero-order valence-corrected chi connectivity index (χ0v) is 53.6. The second-order valence-electron chi connectivity index (χ2n) is 22.7. The molecule has 0 saturated heterocycles. The first kappa shape index (κ1) is 61.2. The molecular weight excluding hydrogens is 1110 g/mol. The van der Waals surface area contributed by atoms with Crippen LogP contribution in [-0.2, 0) is 27.4 Å². The fourth-order valence-corrected chi connectivity index (χ4v) is 14.2. The van der Waals surface area contributed by atoms with Crippen molar-refractivity contribution in [2.75, 3.05) is 104 Å². The highest BCUT2D eigenvalue weighted by molar-refractivity contribution is 8.15. The molecule has 13 heteroatoms. The lowest BCUT2D eigenvalue weighted by atomic mass is 9.82. The van der Waals surface area contributed by atoms with Gasteiger partial charge in [0.15, 0.2) is 10.3 Å². The Bertz CT molecular complexity index is 3670. The van der Waals surface area contributed by atoms with Gasteiger partial charge in [-0.3, -0.25) is 4.79 Å². The third kappa shape index (κ3) is 13.6. The molecule has 0 fully saturated rings. The number of carbonyl (C=O) groups is 1. The van der Waals surface area contributed by atoms with Crippen molar-refractivity contribution in [3.8, 4) is 0 Å². The molecule has 2 aliphatic heterocycles. The normalized spacial score (nSPS) is 13.5. The number of rotatable bonds is 17. The molecule has 11 nitrogen and oxygen atoms in total. The Labute approximate surface area is 524 Å². The van der Waals surface area contributed by atoms with Gasteiger partial charge in [0.25, 0.3) is 0 Å². The van der Waals surface area contributed by atoms with Crippen LogP contribution in [0.5, 0.6) is 0 Å². The van der Waals surface area contributed by atoms with Crippen LogP contribution in [0.15, 0.2) is 234 Å². The predicted molar refractivity (Wildman–Crippen MR) is 375 cm³/mol. The molecule has 87 heavy (non-hydrogen) atoms. The van der Waals surface area contributed by atoms with Gasteiger partial charge in [0.05, 0.1) is 11.4 Å². The number of carbonyl (C=O) groups excluding carboxylic acids is 1. The van der Waals surface area contributed by atoms with Gasteiger partial charge >= 0.3 is 0 Å². The Balaban J connectivity index is 0.000000195. The van der Waals surface area contributed by atoms with Crippen LogP contribution in [0.1, 0.15) is 65.3 Å².